The molecule has 0 aliphatic heterocycles. The summed E-state index contributed by atoms with van der Waals surface area (Å²) in [4.78, 5) is 0. The maximum absolute atomic E-state index is 12.5. The van der Waals surface area contributed by atoms with Crippen LogP contribution in [0.15, 0.2) is 30.9 Å². The van der Waals surface area contributed by atoms with E-state index >= 15 is 0 Å². The molecule has 0 atom stereocenters. The summed E-state index contributed by atoms with van der Waals surface area (Å²) in [6.07, 6.45) is -2.73. The highest BCUT2D eigenvalue weighted by atomic mass is 19.4. The number of nitrogen functional groups attached to an aromatic ring is 1. The lowest BCUT2D eigenvalue weighted by molar-refractivity contribution is -0.138. The lowest BCUT2D eigenvalue weighted by atomic mass is 10.0. The molecule has 0 amide bonds. The molecule has 0 aromatic heterocycles. The molecule has 0 aliphatic rings. The first-order valence-corrected chi connectivity index (χ1v) is 4.01. The average molecular weight is 201 g/mol. The summed E-state index contributed by atoms with van der Waals surface area (Å²) in [5.41, 5.74) is 4.92. The van der Waals surface area contributed by atoms with Gasteiger partial charge in [0.15, 0.2) is 0 Å². The molecular weight excluding hydrogens is 191 g/mol. The normalized spacial score (nSPS) is 11.4. The quantitative estimate of drug-likeness (QED) is 0.577. The Labute approximate surface area is 80.0 Å². The van der Waals surface area contributed by atoms with Crippen LogP contribution in [-0.4, -0.2) is 0 Å². The van der Waals surface area contributed by atoms with Gasteiger partial charge in [0.05, 0.1) is 5.56 Å². The van der Waals surface area contributed by atoms with Crippen LogP contribution in [0.4, 0.5) is 18.9 Å². The minimum absolute atomic E-state index is 0.116. The Morgan fingerprint density at radius 1 is 1.36 bits per heavy atom. The SMILES string of the molecule is C=CCc1ccc(N)cc1C(F)(F)F. The topological polar surface area (TPSA) is 26.0 Å². The van der Waals surface area contributed by atoms with Crippen molar-refractivity contribution < 1.29 is 13.2 Å². The number of hydrogen-bond donors (Lipinski definition) is 1. The molecule has 0 saturated heterocycles. The van der Waals surface area contributed by atoms with Gasteiger partial charge >= 0.3 is 6.18 Å². The highest BCUT2D eigenvalue weighted by Gasteiger charge is 2.32. The number of anilines is 1. The van der Waals surface area contributed by atoms with Crippen molar-refractivity contribution in [2.24, 2.45) is 0 Å². The van der Waals surface area contributed by atoms with Gasteiger partial charge in [-0.15, -0.1) is 6.58 Å². The molecule has 1 aromatic carbocycles. The first kappa shape index (κ1) is 10.6. The minimum Gasteiger partial charge on any atom is -0.399 e. The maximum atomic E-state index is 12.5. The molecule has 1 aromatic rings. The number of nitrogens with two attached hydrogens (primary N) is 1. The second-order valence-electron chi connectivity index (χ2n) is 2.91. The van der Waals surface area contributed by atoms with Gasteiger partial charge in [0.1, 0.15) is 0 Å². The summed E-state index contributed by atoms with van der Waals surface area (Å²) in [5.74, 6) is 0. The summed E-state index contributed by atoms with van der Waals surface area (Å²) in [7, 11) is 0. The van der Waals surface area contributed by atoms with E-state index in [1.165, 1.54) is 18.2 Å². The van der Waals surface area contributed by atoms with Gasteiger partial charge in [-0.3, -0.25) is 0 Å². The van der Waals surface area contributed by atoms with E-state index < -0.39 is 11.7 Å². The largest absolute Gasteiger partial charge is 0.416 e. The molecule has 14 heavy (non-hydrogen) atoms. The fraction of sp³-hybridized carbons (Fsp3) is 0.200. The molecule has 1 rings (SSSR count). The van der Waals surface area contributed by atoms with E-state index in [0.717, 1.165) is 6.07 Å². The molecule has 0 fully saturated rings. The van der Waals surface area contributed by atoms with Gasteiger partial charge in [-0.25, -0.2) is 0 Å². The van der Waals surface area contributed by atoms with E-state index in [1.807, 2.05) is 0 Å². The van der Waals surface area contributed by atoms with Crippen LogP contribution < -0.4 is 5.73 Å². The molecule has 0 heterocycles. The zero-order valence-electron chi connectivity index (χ0n) is 7.43. The number of allylic oxidation sites excluding steroid dienone is 1. The van der Waals surface area contributed by atoms with Crippen molar-refractivity contribution >= 4 is 5.69 Å². The van der Waals surface area contributed by atoms with Gasteiger partial charge in [0, 0.05) is 5.69 Å². The summed E-state index contributed by atoms with van der Waals surface area (Å²) in [5, 5.41) is 0. The van der Waals surface area contributed by atoms with Crippen molar-refractivity contribution in [1.29, 1.82) is 0 Å². The van der Waals surface area contributed by atoms with E-state index in [9.17, 15) is 13.2 Å². The molecule has 4 heteroatoms. The molecule has 2 N–H and O–H groups in total. The molecule has 0 saturated carbocycles. The molecule has 76 valence electrons. The Balaban J connectivity index is 3.22. The third kappa shape index (κ3) is 2.28. The number of benzene rings is 1. The van der Waals surface area contributed by atoms with Crippen molar-refractivity contribution in [2.75, 3.05) is 5.73 Å². The number of halogens is 3. The molecule has 0 spiro atoms. The lowest BCUT2D eigenvalue weighted by Gasteiger charge is -2.12. The first-order chi connectivity index (χ1) is 6.45. The fourth-order valence-corrected chi connectivity index (χ4v) is 1.19. The zero-order valence-corrected chi connectivity index (χ0v) is 7.43. The Morgan fingerprint density at radius 3 is 2.50 bits per heavy atom. The van der Waals surface area contributed by atoms with Crippen LogP contribution >= 0.6 is 0 Å². The summed E-state index contributed by atoms with van der Waals surface area (Å²) in [6, 6.07) is 3.77. The van der Waals surface area contributed by atoms with E-state index in [0.29, 0.717) is 0 Å². The Bertz CT molecular complexity index is 342. The van der Waals surface area contributed by atoms with Crippen LogP contribution in [0.1, 0.15) is 11.1 Å². The molecule has 0 bridgehead atoms. The minimum atomic E-state index is -4.35. The smallest absolute Gasteiger partial charge is 0.399 e. The van der Waals surface area contributed by atoms with Gasteiger partial charge < -0.3 is 5.73 Å². The zero-order chi connectivity index (χ0) is 10.8. The van der Waals surface area contributed by atoms with Crippen molar-refractivity contribution in [2.45, 2.75) is 12.6 Å². The van der Waals surface area contributed by atoms with Gasteiger partial charge in [-0.05, 0) is 24.1 Å². The molecular formula is C10H10F3N. The summed E-state index contributed by atoms with van der Waals surface area (Å²) < 4.78 is 37.4. The predicted octanol–water partition coefficient (Wildman–Crippen LogP) is 3.02. The summed E-state index contributed by atoms with van der Waals surface area (Å²) in [6.45, 7) is 3.40. The van der Waals surface area contributed by atoms with Crippen molar-refractivity contribution in [1.82, 2.24) is 0 Å². The Kier molecular flexibility index (Phi) is 2.84. The molecule has 1 nitrogen and oxygen atoms in total. The first-order valence-electron chi connectivity index (χ1n) is 4.01. The average Bonchev–Trinajstić information content (AvgIpc) is 2.07. The van der Waals surface area contributed by atoms with Crippen molar-refractivity contribution in [3.05, 3.63) is 42.0 Å². The van der Waals surface area contributed by atoms with Crippen LogP contribution in [0.25, 0.3) is 0 Å². The van der Waals surface area contributed by atoms with Crippen LogP contribution in [0.3, 0.4) is 0 Å². The van der Waals surface area contributed by atoms with E-state index in [-0.39, 0.29) is 17.7 Å². The molecule has 0 unspecified atom stereocenters. The second-order valence-corrected chi connectivity index (χ2v) is 2.91. The van der Waals surface area contributed by atoms with Gasteiger partial charge in [0.25, 0.3) is 0 Å². The van der Waals surface area contributed by atoms with E-state index in [2.05, 4.69) is 6.58 Å². The lowest BCUT2D eigenvalue weighted by Crippen LogP contribution is -2.09. The highest BCUT2D eigenvalue weighted by molar-refractivity contribution is 5.46. The third-order valence-corrected chi connectivity index (χ3v) is 1.80. The van der Waals surface area contributed by atoms with Gasteiger partial charge in [-0.2, -0.15) is 13.2 Å². The monoisotopic (exact) mass is 201 g/mol. The maximum Gasteiger partial charge on any atom is 0.416 e. The van der Waals surface area contributed by atoms with Gasteiger partial charge in [0.2, 0.25) is 0 Å². The van der Waals surface area contributed by atoms with Crippen LogP contribution in [0.5, 0.6) is 0 Å². The van der Waals surface area contributed by atoms with Crippen molar-refractivity contribution in [3.63, 3.8) is 0 Å². The van der Waals surface area contributed by atoms with Crippen LogP contribution in [0, 0.1) is 0 Å². The molecule has 0 aliphatic carbocycles. The summed E-state index contributed by atoms with van der Waals surface area (Å²) >= 11 is 0. The predicted molar refractivity (Wildman–Crippen MR) is 49.8 cm³/mol. The van der Waals surface area contributed by atoms with Crippen LogP contribution in [0.2, 0.25) is 0 Å². The number of rotatable bonds is 2. The number of alkyl halides is 3. The second kappa shape index (κ2) is 3.74. The van der Waals surface area contributed by atoms with E-state index in [4.69, 9.17) is 5.73 Å². The van der Waals surface area contributed by atoms with Gasteiger partial charge in [-0.1, -0.05) is 12.1 Å². The molecule has 0 radical (unpaired) electrons. The highest BCUT2D eigenvalue weighted by Crippen LogP contribution is 2.33. The number of hydrogen-bond acceptors (Lipinski definition) is 1. The fourth-order valence-electron chi connectivity index (χ4n) is 1.19. The standard InChI is InChI=1S/C10H10F3N/c1-2-3-7-4-5-8(14)6-9(7)10(11,12)13/h2,4-6H,1,3,14H2. The third-order valence-electron chi connectivity index (χ3n) is 1.80. The Hall–Kier alpha value is -1.45. The van der Waals surface area contributed by atoms with Crippen molar-refractivity contribution in [3.8, 4) is 0 Å². The van der Waals surface area contributed by atoms with Crippen LogP contribution in [-0.2, 0) is 12.6 Å². The Morgan fingerprint density at radius 2 is 2.00 bits per heavy atom. The van der Waals surface area contributed by atoms with E-state index in [1.54, 1.807) is 0 Å².